The highest BCUT2D eigenvalue weighted by Gasteiger charge is 2.33. The number of methoxy groups -OCH3 is 1. The van der Waals surface area contributed by atoms with Gasteiger partial charge in [0.15, 0.2) is 0 Å². The Morgan fingerprint density at radius 1 is 1.10 bits per heavy atom. The van der Waals surface area contributed by atoms with E-state index >= 15 is 0 Å². The van der Waals surface area contributed by atoms with E-state index in [1.54, 1.807) is 31.4 Å². The van der Waals surface area contributed by atoms with Crippen molar-refractivity contribution in [2.75, 3.05) is 12.4 Å². The molecule has 1 fully saturated rings. The van der Waals surface area contributed by atoms with Crippen molar-refractivity contribution in [3.63, 3.8) is 0 Å². The first kappa shape index (κ1) is 21.2. The van der Waals surface area contributed by atoms with Crippen LogP contribution in [-0.4, -0.2) is 30.1 Å². The first-order chi connectivity index (χ1) is 13.7. The number of nitrogens with zero attached hydrogens (tertiary/aromatic N) is 1. The van der Waals surface area contributed by atoms with E-state index < -0.39 is 11.9 Å². The van der Waals surface area contributed by atoms with Gasteiger partial charge in [-0.1, -0.05) is 11.6 Å². The van der Waals surface area contributed by atoms with Gasteiger partial charge < -0.3 is 15.4 Å². The van der Waals surface area contributed by atoms with Gasteiger partial charge in [-0.3, -0.25) is 4.79 Å². The molecule has 0 spiro atoms. The second kappa shape index (κ2) is 8.90. The van der Waals surface area contributed by atoms with Gasteiger partial charge in [0.25, 0.3) is 5.91 Å². The maximum atomic E-state index is 12.9. The van der Waals surface area contributed by atoms with Crippen LogP contribution in [0.1, 0.15) is 41.7 Å². The zero-order chi connectivity index (χ0) is 21.0. The number of amides is 1. The second-order valence-corrected chi connectivity index (χ2v) is 7.34. The Kier molecular flexibility index (Phi) is 6.52. The van der Waals surface area contributed by atoms with Crippen LogP contribution >= 0.6 is 11.6 Å². The lowest BCUT2D eigenvalue weighted by Crippen LogP contribution is -2.40. The zero-order valence-electron chi connectivity index (χ0n) is 15.7. The van der Waals surface area contributed by atoms with Gasteiger partial charge in [0, 0.05) is 23.3 Å². The molecule has 9 heteroatoms. The standard InChI is InChI=1S/C20H21ClF3N3O2/c1-29-16-8-2-12(3-9-16)19(28)26-14-6-4-13(5-7-14)25-15-10-17(20(22,23)24)27-18(21)11-15/h2-3,8-11,13-14H,4-7H2,1H3,(H,25,27)(H,26,28). The minimum Gasteiger partial charge on any atom is -0.497 e. The highest BCUT2D eigenvalue weighted by atomic mass is 35.5. The number of pyridine rings is 1. The van der Waals surface area contributed by atoms with Gasteiger partial charge in [0.2, 0.25) is 0 Å². The molecule has 3 rings (SSSR count). The molecule has 2 N–H and O–H groups in total. The summed E-state index contributed by atoms with van der Waals surface area (Å²) in [5.41, 5.74) is -0.173. The largest absolute Gasteiger partial charge is 0.497 e. The fourth-order valence-electron chi connectivity index (χ4n) is 3.35. The molecule has 0 saturated heterocycles. The molecule has 1 amide bonds. The molecule has 1 aliphatic rings. The fraction of sp³-hybridized carbons (Fsp3) is 0.400. The Balaban J connectivity index is 1.53. The van der Waals surface area contributed by atoms with E-state index in [1.807, 2.05) is 0 Å². The van der Waals surface area contributed by atoms with Gasteiger partial charge >= 0.3 is 6.18 Å². The molecular weight excluding hydrogens is 407 g/mol. The topological polar surface area (TPSA) is 63.2 Å². The van der Waals surface area contributed by atoms with Crippen molar-refractivity contribution >= 4 is 23.2 Å². The molecule has 1 aromatic heterocycles. The van der Waals surface area contributed by atoms with Crippen molar-refractivity contribution in [1.29, 1.82) is 0 Å². The van der Waals surface area contributed by atoms with Gasteiger partial charge in [0.1, 0.15) is 16.6 Å². The highest BCUT2D eigenvalue weighted by Crippen LogP contribution is 2.32. The van der Waals surface area contributed by atoms with E-state index in [1.165, 1.54) is 6.07 Å². The number of halogens is 4. The number of benzene rings is 1. The smallest absolute Gasteiger partial charge is 0.433 e. The molecule has 0 unspecified atom stereocenters. The van der Waals surface area contributed by atoms with Crippen LogP contribution in [0, 0.1) is 0 Å². The molecule has 1 saturated carbocycles. The average molecular weight is 428 g/mol. The highest BCUT2D eigenvalue weighted by molar-refractivity contribution is 6.29. The molecule has 0 radical (unpaired) electrons. The Morgan fingerprint density at radius 2 is 1.72 bits per heavy atom. The second-order valence-electron chi connectivity index (χ2n) is 6.96. The van der Waals surface area contributed by atoms with Crippen LogP contribution < -0.4 is 15.4 Å². The predicted octanol–water partition coefficient (Wildman–Crippen LogP) is 4.92. The van der Waals surface area contributed by atoms with Gasteiger partial charge in [-0.2, -0.15) is 13.2 Å². The lowest BCUT2D eigenvalue weighted by Gasteiger charge is -2.30. The van der Waals surface area contributed by atoms with E-state index in [-0.39, 0.29) is 23.1 Å². The van der Waals surface area contributed by atoms with Crippen LogP contribution in [0.4, 0.5) is 18.9 Å². The van der Waals surface area contributed by atoms with Crippen molar-refractivity contribution in [2.24, 2.45) is 0 Å². The summed E-state index contributed by atoms with van der Waals surface area (Å²) >= 11 is 5.72. The molecule has 0 aliphatic heterocycles. The number of aromatic nitrogens is 1. The summed E-state index contributed by atoms with van der Waals surface area (Å²) < 4.78 is 43.7. The van der Waals surface area contributed by atoms with Crippen LogP contribution in [0.5, 0.6) is 5.75 Å². The maximum Gasteiger partial charge on any atom is 0.433 e. The van der Waals surface area contributed by atoms with Crippen molar-refractivity contribution in [3.8, 4) is 5.75 Å². The Bertz CT molecular complexity index is 851. The maximum absolute atomic E-state index is 12.9. The lowest BCUT2D eigenvalue weighted by molar-refractivity contribution is -0.141. The van der Waals surface area contributed by atoms with Crippen molar-refractivity contribution in [2.45, 2.75) is 43.9 Å². The predicted molar refractivity (Wildman–Crippen MR) is 104 cm³/mol. The number of ether oxygens (including phenoxy) is 1. The molecule has 156 valence electrons. The van der Waals surface area contributed by atoms with Gasteiger partial charge in [-0.25, -0.2) is 4.98 Å². The third-order valence-electron chi connectivity index (χ3n) is 4.87. The number of carbonyl (C=O) groups excluding carboxylic acids is 1. The summed E-state index contributed by atoms with van der Waals surface area (Å²) in [5.74, 6) is 0.526. The number of hydrogen-bond donors (Lipinski definition) is 2. The first-order valence-electron chi connectivity index (χ1n) is 9.21. The van der Waals surface area contributed by atoms with E-state index in [9.17, 15) is 18.0 Å². The van der Waals surface area contributed by atoms with Crippen LogP contribution in [-0.2, 0) is 6.18 Å². The normalized spacial score (nSPS) is 19.5. The summed E-state index contributed by atoms with van der Waals surface area (Å²) in [6, 6.07) is 9.23. The quantitative estimate of drug-likeness (QED) is 0.665. The number of nitrogens with one attached hydrogen (secondary N) is 2. The monoisotopic (exact) mass is 427 g/mol. The number of rotatable bonds is 5. The number of hydrogen-bond acceptors (Lipinski definition) is 4. The first-order valence-corrected chi connectivity index (χ1v) is 9.58. The number of carbonyl (C=O) groups is 1. The molecule has 29 heavy (non-hydrogen) atoms. The fourth-order valence-corrected chi connectivity index (χ4v) is 3.56. The van der Waals surface area contributed by atoms with E-state index in [0.29, 0.717) is 17.0 Å². The van der Waals surface area contributed by atoms with Gasteiger partial charge in [-0.15, -0.1) is 0 Å². The Morgan fingerprint density at radius 3 is 2.31 bits per heavy atom. The van der Waals surface area contributed by atoms with Crippen LogP contribution in [0.15, 0.2) is 36.4 Å². The van der Waals surface area contributed by atoms with E-state index in [4.69, 9.17) is 16.3 Å². The molecule has 2 aromatic rings. The molecule has 1 heterocycles. The molecule has 1 aliphatic carbocycles. The van der Waals surface area contributed by atoms with Crippen LogP contribution in [0.3, 0.4) is 0 Å². The molecule has 5 nitrogen and oxygen atoms in total. The summed E-state index contributed by atoms with van der Waals surface area (Å²) in [4.78, 5) is 15.7. The summed E-state index contributed by atoms with van der Waals surface area (Å²) in [5, 5.41) is 5.90. The number of anilines is 1. The number of alkyl halides is 3. The minimum atomic E-state index is -4.55. The Hall–Kier alpha value is -2.48. The summed E-state index contributed by atoms with van der Waals surface area (Å²) in [6.07, 6.45) is -1.66. The van der Waals surface area contributed by atoms with Crippen molar-refractivity contribution in [1.82, 2.24) is 10.3 Å². The van der Waals surface area contributed by atoms with Crippen molar-refractivity contribution in [3.05, 3.63) is 52.8 Å². The molecule has 0 atom stereocenters. The van der Waals surface area contributed by atoms with E-state index in [2.05, 4.69) is 15.6 Å². The van der Waals surface area contributed by atoms with Crippen molar-refractivity contribution < 1.29 is 22.7 Å². The third-order valence-corrected chi connectivity index (χ3v) is 5.06. The SMILES string of the molecule is COc1ccc(C(=O)NC2CCC(Nc3cc(Cl)nc(C(F)(F)F)c3)CC2)cc1. The van der Waals surface area contributed by atoms with E-state index in [0.717, 1.165) is 31.7 Å². The summed E-state index contributed by atoms with van der Waals surface area (Å²) in [6.45, 7) is 0. The van der Waals surface area contributed by atoms with Gasteiger partial charge in [0.05, 0.1) is 7.11 Å². The minimum absolute atomic E-state index is 0.00342. The van der Waals surface area contributed by atoms with Gasteiger partial charge in [-0.05, 0) is 62.1 Å². The average Bonchev–Trinajstić information content (AvgIpc) is 2.68. The Labute approximate surface area is 171 Å². The van der Waals surface area contributed by atoms with Crippen LogP contribution in [0.2, 0.25) is 5.15 Å². The van der Waals surface area contributed by atoms with Crippen LogP contribution in [0.25, 0.3) is 0 Å². The molecule has 0 bridgehead atoms. The lowest BCUT2D eigenvalue weighted by atomic mass is 9.90. The molecular formula is C20H21ClF3N3O2. The molecule has 1 aromatic carbocycles. The summed E-state index contributed by atoms with van der Waals surface area (Å²) in [7, 11) is 1.56. The third kappa shape index (κ3) is 5.76. The zero-order valence-corrected chi connectivity index (χ0v) is 16.5.